The first-order valence-electron chi connectivity index (χ1n) is 7.35. The van der Waals surface area contributed by atoms with Gasteiger partial charge in [-0.05, 0) is 24.8 Å². The third kappa shape index (κ3) is 3.20. The minimum atomic E-state index is -0.487. The lowest BCUT2D eigenvalue weighted by Gasteiger charge is -2.40. The fourth-order valence-corrected chi connectivity index (χ4v) is 3.22. The number of methoxy groups -OCH3 is 2. The van der Waals surface area contributed by atoms with Gasteiger partial charge in [-0.1, -0.05) is 18.1 Å². The van der Waals surface area contributed by atoms with E-state index in [9.17, 15) is 4.79 Å². The molecule has 114 valence electrons. The van der Waals surface area contributed by atoms with Gasteiger partial charge in [0.1, 0.15) is 5.54 Å². The summed E-state index contributed by atoms with van der Waals surface area (Å²) in [4.78, 5) is 13.8. The Bertz CT molecular complexity index is 500. The SMILES string of the molecule is C=CCCN1CCC2=CC[C@H](OC)C[C@@]21C#CC(=O)OC. The van der Waals surface area contributed by atoms with E-state index in [0.717, 1.165) is 38.8 Å². The van der Waals surface area contributed by atoms with Crippen molar-refractivity contribution in [2.24, 2.45) is 0 Å². The zero-order valence-electron chi connectivity index (χ0n) is 12.9. The van der Waals surface area contributed by atoms with E-state index >= 15 is 0 Å². The number of ether oxygens (including phenoxy) is 2. The van der Waals surface area contributed by atoms with Gasteiger partial charge in [-0.15, -0.1) is 6.58 Å². The Labute approximate surface area is 126 Å². The molecule has 1 fully saturated rings. The number of hydrogen-bond donors (Lipinski definition) is 0. The molecule has 0 bridgehead atoms. The second kappa shape index (κ2) is 6.93. The molecule has 2 atom stereocenters. The maximum absolute atomic E-state index is 11.4. The van der Waals surface area contributed by atoms with Crippen LogP contribution >= 0.6 is 0 Å². The summed E-state index contributed by atoms with van der Waals surface area (Å²) >= 11 is 0. The Morgan fingerprint density at radius 2 is 2.43 bits per heavy atom. The van der Waals surface area contributed by atoms with Crippen molar-refractivity contribution in [1.82, 2.24) is 4.90 Å². The minimum absolute atomic E-state index is 0.144. The first-order chi connectivity index (χ1) is 10.2. The molecule has 1 saturated heterocycles. The van der Waals surface area contributed by atoms with Crippen molar-refractivity contribution in [3.05, 3.63) is 24.3 Å². The van der Waals surface area contributed by atoms with E-state index in [2.05, 4.69) is 34.1 Å². The summed E-state index contributed by atoms with van der Waals surface area (Å²) in [7, 11) is 3.09. The van der Waals surface area contributed by atoms with Crippen molar-refractivity contribution in [2.45, 2.75) is 37.3 Å². The topological polar surface area (TPSA) is 38.8 Å². The zero-order chi connectivity index (χ0) is 15.3. The van der Waals surface area contributed by atoms with Gasteiger partial charge in [0.25, 0.3) is 0 Å². The van der Waals surface area contributed by atoms with Crippen molar-refractivity contribution in [3.63, 3.8) is 0 Å². The number of rotatable bonds is 4. The molecule has 1 aliphatic heterocycles. The van der Waals surface area contributed by atoms with Crippen LogP contribution in [0, 0.1) is 11.8 Å². The van der Waals surface area contributed by atoms with Crippen LogP contribution in [0.3, 0.4) is 0 Å². The molecule has 0 amide bonds. The fraction of sp³-hybridized carbons (Fsp3) is 0.588. The second-order valence-electron chi connectivity index (χ2n) is 5.44. The van der Waals surface area contributed by atoms with Crippen LogP contribution in [0.4, 0.5) is 0 Å². The minimum Gasteiger partial charge on any atom is -0.459 e. The van der Waals surface area contributed by atoms with Crippen LogP contribution in [0.1, 0.15) is 25.7 Å². The van der Waals surface area contributed by atoms with Crippen molar-refractivity contribution in [1.29, 1.82) is 0 Å². The van der Waals surface area contributed by atoms with Crippen LogP contribution < -0.4 is 0 Å². The van der Waals surface area contributed by atoms with Crippen LogP contribution in [0.25, 0.3) is 0 Å². The summed E-state index contributed by atoms with van der Waals surface area (Å²) in [6.07, 6.45) is 7.93. The van der Waals surface area contributed by atoms with Crippen molar-refractivity contribution in [3.8, 4) is 11.8 Å². The molecular formula is C17H23NO3. The molecule has 0 radical (unpaired) electrons. The summed E-state index contributed by atoms with van der Waals surface area (Å²) < 4.78 is 10.2. The van der Waals surface area contributed by atoms with E-state index in [1.807, 2.05) is 6.08 Å². The molecule has 1 heterocycles. The van der Waals surface area contributed by atoms with Gasteiger partial charge in [0.15, 0.2) is 0 Å². The molecule has 0 unspecified atom stereocenters. The monoisotopic (exact) mass is 289 g/mol. The summed E-state index contributed by atoms with van der Waals surface area (Å²) in [6, 6.07) is 0. The van der Waals surface area contributed by atoms with Gasteiger partial charge < -0.3 is 9.47 Å². The lowest BCUT2D eigenvalue weighted by molar-refractivity contribution is -0.133. The molecule has 0 spiro atoms. The van der Waals surface area contributed by atoms with Crippen LogP contribution in [-0.4, -0.2) is 49.8 Å². The number of carbonyl (C=O) groups is 1. The quantitative estimate of drug-likeness (QED) is 0.343. The van der Waals surface area contributed by atoms with Gasteiger partial charge in [-0.25, -0.2) is 4.79 Å². The van der Waals surface area contributed by atoms with Crippen LogP contribution in [-0.2, 0) is 14.3 Å². The van der Waals surface area contributed by atoms with Gasteiger partial charge >= 0.3 is 5.97 Å². The Morgan fingerprint density at radius 1 is 1.62 bits per heavy atom. The number of hydrogen-bond acceptors (Lipinski definition) is 4. The Kier molecular flexibility index (Phi) is 5.22. The van der Waals surface area contributed by atoms with Crippen molar-refractivity contribution in [2.75, 3.05) is 27.3 Å². The number of fused-ring (bicyclic) bond motifs is 1. The standard InChI is InChI=1S/C17H23NO3/c1-4-5-11-18-12-9-14-6-7-15(20-2)13-17(14,18)10-8-16(19)21-3/h4,6,15H,1,5,7,9,11-13H2,2-3H3/t15-,17-/m0/s1. The van der Waals surface area contributed by atoms with E-state index < -0.39 is 5.97 Å². The summed E-state index contributed by atoms with van der Waals surface area (Å²) in [5.41, 5.74) is 0.937. The molecule has 0 aromatic rings. The van der Waals surface area contributed by atoms with E-state index in [0.29, 0.717) is 0 Å². The number of carbonyl (C=O) groups excluding carboxylic acids is 1. The molecule has 2 rings (SSSR count). The predicted molar refractivity (Wildman–Crippen MR) is 81.6 cm³/mol. The molecule has 21 heavy (non-hydrogen) atoms. The van der Waals surface area contributed by atoms with Gasteiger partial charge in [0.05, 0.1) is 13.2 Å². The van der Waals surface area contributed by atoms with Crippen molar-refractivity contribution < 1.29 is 14.3 Å². The maximum atomic E-state index is 11.4. The fourth-order valence-electron chi connectivity index (χ4n) is 3.22. The summed E-state index contributed by atoms with van der Waals surface area (Å²) in [5, 5.41) is 0. The Balaban J connectivity index is 2.33. The van der Waals surface area contributed by atoms with Crippen LogP contribution in [0.5, 0.6) is 0 Å². The third-order valence-electron chi connectivity index (χ3n) is 4.37. The average Bonchev–Trinajstić information content (AvgIpc) is 2.88. The largest absolute Gasteiger partial charge is 0.459 e. The predicted octanol–water partition coefficient (Wildman–Crippen LogP) is 1.92. The first kappa shape index (κ1) is 15.8. The van der Waals surface area contributed by atoms with Crippen LogP contribution in [0.15, 0.2) is 24.3 Å². The first-order valence-corrected chi connectivity index (χ1v) is 7.35. The third-order valence-corrected chi connectivity index (χ3v) is 4.37. The molecule has 0 aromatic carbocycles. The Morgan fingerprint density at radius 3 is 3.10 bits per heavy atom. The number of nitrogens with zero attached hydrogens (tertiary/aromatic N) is 1. The summed E-state index contributed by atoms with van der Waals surface area (Å²) in [5.74, 6) is 5.34. The molecule has 1 aliphatic carbocycles. The van der Waals surface area contributed by atoms with E-state index in [1.54, 1.807) is 7.11 Å². The highest BCUT2D eigenvalue weighted by Crippen LogP contribution is 2.42. The lowest BCUT2D eigenvalue weighted by Crippen LogP contribution is -2.48. The molecule has 0 N–H and O–H groups in total. The molecule has 4 nitrogen and oxygen atoms in total. The maximum Gasteiger partial charge on any atom is 0.384 e. The highest BCUT2D eigenvalue weighted by atomic mass is 16.5. The lowest BCUT2D eigenvalue weighted by atomic mass is 9.79. The van der Waals surface area contributed by atoms with E-state index in [-0.39, 0.29) is 11.6 Å². The summed E-state index contributed by atoms with van der Waals surface area (Å²) in [6.45, 7) is 5.65. The second-order valence-corrected chi connectivity index (χ2v) is 5.44. The Hall–Kier alpha value is -1.57. The van der Waals surface area contributed by atoms with E-state index in [4.69, 9.17) is 4.74 Å². The molecule has 0 aromatic heterocycles. The molecule has 4 heteroatoms. The smallest absolute Gasteiger partial charge is 0.384 e. The number of esters is 1. The number of likely N-dealkylation sites (tertiary alicyclic amines) is 1. The highest BCUT2D eigenvalue weighted by Gasteiger charge is 2.46. The van der Waals surface area contributed by atoms with Gasteiger partial charge in [-0.2, -0.15) is 0 Å². The van der Waals surface area contributed by atoms with Gasteiger partial charge in [0, 0.05) is 32.5 Å². The zero-order valence-corrected chi connectivity index (χ0v) is 12.9. The molecule has 0 saturated carbocycles. The van der Waals surface area contributed by atoms with Crippen molar-refractivity contribution >= 4 is 5.97 Å². The van der Waals surface area contributed by atoms with E-state index in [1.165, 1.54) is 12.7 Å². The van der Waals surface area contributed by atoms with Gasteiger partial charge in [0.2, 0.25) is 0 Å². The van der Waals surface area contributed by atoms with Gasteiger partial charge in [-0.3, -0.25) is 4.90 Å². The molecule has 2 aliphatic rings. The van der Waals surface area contributed by atoms with Crippen LogP contribution in [0.2, 0.25) is 0 Å². The normalized spacial score (nSPS) is 28.1. The molecular weight excluding hydrogens is 266 g/mol. The highest BCUT2D eigenvalue weighted by molar-refractivity contribution is 5.88. The average molecular weight is 289 g/mol.